The van der Waals surface area contributed by atoms with E-state index in [0.29, 0.717) is 11.3 Å². The Morgan fingerprint density at radius 2 is 1.96 bits per heavy atom. The molecule has 1 aliphatic heterocycles. The molecule has 0 bridgehead atoms. The highest BCUT2D eigenvalue weighted by Gasteiger charge is 2.55. The van der Waals surface area contributed by atoms with Crippen molar-refractivity contribution in [3.8, 4) is 11.5 Å². The molecule has 1 heterocycles. The van der Waals surface area contributed by atoms with Crippen molar-refractivity contribution in [2.24, 2.45) is 0 Å². The maximum absolute atomic E-state index is 13.4. The van der Waals surface area contributed by atoms with Crippen molar-refractivity contribution in [2.45, 2.75) is 63.3 Å². The summed E-state index contributed by atoms with van der Waals surface area (Å²) in [6.07, 6.45) is 3.39. The van der Waals surface area contributed by atoms with Crippen LogP contribution in [0.3, 0.4) is 0 Å². The molecule has 1 aromatic rings. The molecule has 6 heteroatoms. The van der Waals surface area contributed by atoms with E-state index >= 15 is 0 Å². The van der Waals surface area contributed by atoms with Gasteiger partial charge in [-0.1, -0.05) is 31.0 Å². The first kappa shape index (κ1) is 17.5. The number of hydrogen-bond acceptors (Lipinski definition) is 2. The molecule has 0 spiro atoms. The molecule has 2 nitrogen and oxygen atoms in total. The van der Waals surface area contributed by atoms with Crippen LogP contribution in [0.2, 0.25) is 5.02 Å². The standard InChI is InChI=1S/C18H20ClF3O2/c1-2-17(18(20,21)22)9-8-12-10-14(11-15(19)16(12)24-17)23-13-6-4-3-5-7-13/h8-11,13H,2-7H2,1H3. The molecular weight excluding hydrogens is 341 g/mol. The Morgan fingerprint density at radius 3 is 2.58 bits per heavy atom. The summed E-state index contributed by atoms with van der Waals surface area (Å²) in [6.45, 7) is 1.44. The Hall–Kier alpha value is -1.36. The number of benzene rings is 1. The zero-order valence-corrected chi connectivity index (χ0v) is 14.2. The van der Waals surface area contributed by atoms with E-state index in [9.17, 15) is 13.2 Å². The molecule has 0 aromatic heterocycles. The lowest BCUT2D eigenvalue weighted by Crippen LogP contribution is -2.49. The average Bonchev–Trinajstić information content (AvgIpc) is 2.54. The molecule has 0 amide bonds. The molecule has 2 aliphatic rings. The minimum atomic E-state index is -4.50. The van der Waals surface area contributed by atoms with Crippen molar-refractivity contribution in [1.82, 2.24) is 0 Å². The predicted molar refractivity (Wildman–Crippen MR) is 87.7 cm³/mol. The minimum absolute atomic E-state index is 0.0642. The van der Waals surface area contributed by atoms with Crippen LogP contribution < -0.4 is 9.47 Å². The van der Waals surface area contributed by atoms with E-state index in [1.165, 1.54) is 19.4 Å². The van der Waals surface area contributed by atoms with Crippen LogP contribution in [-0.4, -0.2) is 17.9 Å². The molecule has 3 rings (SSSR count). The van der Waals surface area contributed by atoms with Gasteiger partial charge in [-0.3, -0.25) is 0 Å². The molecule has 1 saturated carbocycles. The van der Waals surface area contributed by atoms with Crippen LogP contribution in [0.15, 0.2) is 18.2 Å². The Labute approximate surface area is 144 Å². The first-order valence-corrected chi connectivity index (χ1v) is 8.67. The maximum Gasteiger partial charge on any atom is 0.432 e. The third-order valence-corrected chi connectivity index (χ3v) is 5.00. The third kappa shape index (κ3) is 3.23. The van der Waals surface area contributed by atoms with Gasteiger partial charge in [0.2, 0.25) is 5.60 Å². The van der Waals surface area contributed by atoms with Crippen molar-refractivity contribution in [3.05, 3.63) is 28.8 Å². The molecule has 0 saturated heterocycles. The van der Waals surface area contributed by atoms with E-state index in [0.717, 1.165) is 31.8 Å². The lowest BCUT2D eigenvalue weighted by Gasteiger charge is -2.36. The zero-order valence-electron chi connectivity index (χ0n) is 13.5. The third-order valence-electron chi connectivity index (χ3n) is 4.72. The van der Waals surface area contributed by atoms with E-state index in [2.05, 4.69) is 0 Å². The monoisotopic (exact) mass is 360 g/mol. The summed E-state index contributed by atoms with van der Waals surface area (Å²) in [5.74, 6) is 0.643. The van der Waals surface area contributed by atoms with Crippen LogP contribution in [-0.2, 0) is 0 Å². The first-order chi connectivity index (χ1) is 11.3. The van der Waals surface area contributed by atoms with Crippen molar-refractivity contribution in [3.63, 3.8) is 0 Å². The number of fused-ring (bicyclic) bond motifs is 1. The van der Waals surface area contributed by atoms with Gasteiger partial charge in [0.15, 0.2) is 0 Å². The van der Waals surface area contributed by atoms with Crippen LogP contribution in [0.1, 0.15) is 51.0 Å². The lowest BCUT2D eigenvalue weighted by atomic mass is 9.94. The summed E-state index contributed by atoms with van der Waals surface area (Å²) in [4.78, 5) is 0. The van der Waals surface area contributed by atoms with E-state index in [-0.39, 0.29) is 23.3 Å². The van der Waals surface area contributed by atoms with Crippen molar-refractivity contribution < 1.29 is 22.6 Å². The summed E-state index contributed by atoms with van der Waals surface area (Å²) in [5.41, 5.74) is -1.81. The largest absolute Gasteiger partial charge is 0.490 e. The van der Waals surface area contributed by atoms with Gasteiger partial charge < -0.3 is 9.47 Å². The Morgan fingerprint density at radius 1 is 1.25 bits per heavy atom. The molecule has 1 aromatic carbocycles. The van der Waals surface area contributed by atoms with Gasteiger partial charge in [0.05, 0.1) is 11.1 Å². The van der Waals surface area contributed by atoms with Crippen LogP contribution >= 0.6 is 11.6 Å². The molecule has 132 valence electrons. The van der Waals surface area contributed by atoms with Gasteiger partial charge in [-0.05, 0) is 44.2 Å². The highest BCUT2D eigenvalue weighted by Crippen LogP contribution is 2.46. The molecular formula is C18H20ClF3O2. The highest BCUT2D eigenvalue weighted by atomic mass is 35.5. The fourth-order valence-corrected chi connectivity index (χ4v) is 3.50. The van der Waals surface area contributed by atoms with E-state index < -0.39 is 11.8 Å². The number of hydrogen-bond donors (Lipinski definition) is 0. The summed E-state index contributed by atoms with van der Waals surface area (Å²) in [7, 11) is 0. The molecule has 24 heavy (non-hydrogen) atoms. The molecule has 1 unspecified atom stereocenters. The highest BCUT2D eigenvalue weighted by molar-refractivity contribution is 6.32. The molecule has 0 radical (unpaired) electrons. The molecule has 1 fully saturated rings. The summed E-state index contributed by atoms with van der Waals surface area (Å²) in [5, 5.41) is 0.143. The zero-order chi connectivity index (χ0) is 17.4. The van der Waals surface area contributed by atoms with Crippen molar-refractivity contribution in [2.75, 3.05) is 0 Å². The van der Waals surface area contributed by atoms with Crippen LogP contribution in [0, 0.1) is 0 Å². The summed E-state index contributed by atoms with van der Waals surface area (Å²) >= 11 is 6.19. The van der Waals surface area contributed by atoms with Crippen molar-refractivity contribution >= 4 is 17.7 Å². The predicted octanol–water partition coefficient (Wildman–Crippen LogP) is 6.17. The topological polar surface area (TPSA) is 18.5 Å². The number of alkyl halides is 3. The average molecular weight is 361 g/mol. The lowest BCUT2D eigenvalue weighted by molar-refractivity contribution is -0.230. The van der Waals surface area contributed by atoms with Gasteiger partial charge in [0.1, 0.15) is 11.5 Å². The molecule has 1 aliphatic carbocycles. The maximum atomic E-state index is 13.4. The van der Waals surface area contributed by atoms with Gasteiger partial charge in [-0.15, -0.1) is 0 Å². The minimum Gasteiger partial charge on any atom is -0.490 e. The first-order valence-electron chi connectivity index (χ1n) is 8.30. The van der Waals surface area contributed by atoms with Crippen LogP contribution in [0.5, 0.6) is 11.5 Å². The molecule has 1 atom stereocenters. The summed E-state index contributed by atoms with van der Waals surface area (Å²) < 4.78 is 51.4. The molecule has 0 N–H and O–H groups in total. The SMILES string of the molecule is CCC1(C(F)(F)F)C=Cc2cc(OC3CCCCC3)cc(Cl)c2O1. The number of ether oxygens (including phenoxy) is 2. The Bertz CT molecular complexity index is 636. The van der Waals surface area contributed by atoms with Gasteiger partial charge in [-0.2, -0.15) is 13.2 Å². The smallest absolute Gasteiger partial charge is 0.432 e. The Kier molecular flexibility index (Phi) is 4.73. The summed E-state index contributed by atoms with van der Waals surface area (Å²) in [6, 6.07) is 3.24. The Balaban J connectivity index is 1.87. The van der Waals surface area contributed by atoms with Crippen LogP contribution in [0.25, 0.3) is 6.08 Å². The van der Waals surface area contributed by atoms with Gasteiger partial charge >= 0.3 is 6.18 Å². The van der Waals surface area contributed by atoms with Crippen molar-refractivity contribution in [1.29, 1.82) is 0 Å². The van der Waals surface area contributed by atoms with E-state index in [1.807, 2.05) is 0 Å². The quantitative estimate of drug-likeness (QED) is 0.641. The van der Waals surface area contributed by atoms with Crippen LogP contribution in [0.4, 0.5) is 13.2 Å². The van der Waals surface area contributed by atoms with Gasteiger partial charge in [-0.25, -0.2) is 0 Å². The van der Waals surface area contributed by atoms with E-state index in [1.54, 1.807) is 12.1 Å². The fourth-order valence-electron chi connectivity index (χ4n) is 3.25. The van der Waals surface area contributed by atoms with Gasteiger partial charge in [0.25, 0.3) is 0 Å². The number of rotatable bonds is 3. The van der Waals surface area contributed by atoms with Gasteiger partial charge in [0, 0.05) is 11.6 Å². The number of halogens is 4. The second kappa shape index (κ2) is 6.51. The second-order valence-corrected chi connectivity index (χ2v) is 6.78. The second-order valence-electron chi connectivity index (χ2n) is 6.38. The van der Waals surface area contributed by atoms with E-state index in [4.69, 9.17) is 21.1 Å². The fraction of sp³-hybridized carbons (Fsp3) is 0.556. The normalized spacial score (nSPS) is 24.4.